The van der Waals surface area contributed by atoms with Crippen LogP contribution in [0.25, 0.3) is 10.3 Å². The highest BCUT2D eigenvalue weighted by atomic mass is 35.5. The zero-order valence-electron chi connectivity index (χ0n) is 19.0. The number of alkyl halides is 1. The fraction of sp³-hybridized carbons (Fsp3) is 0.320. The summed E-state index contributed by atoms with van der Waals surface area (Å²) in [7, 11) is 0. The summed E-state index contributed by atoms with van der Waals surface area (Å²) in [6.07, 6.45) is 4.07. The second kappa shape index (κ2) is 11.0. The van der Waals surface area contributed by atoms with Gasteiger partial charge in [-0.3, -0.25) is 0 Å². The Balaban J connectivity index is 1.46. The van der Waals surface area contributed by atoms with Crippen molar-refractivity contribution < 1.29 is 4.39 Å². The van der Waals surface area contributed by atoms with E-state index in [0.29, 0.717) is 45.4 Å². The van der Waals surface area contributed by atoms with E-state index in [4.69, 9.17) is 38.2 Å². The number of fused-ring (bicyclic) bond motifs is 1. The standard InChI is InChI=1S/C25H25Cl2FN6S/c26-19-5-3-6-20(27)18(19)12-21-32-22-23(31-16-9-7-15(13-28)8-10-16)33-25(34-24(22)35-21)30-14-17-4-1-2-11-29-17/h3,5-10,17,29H,1-2,4,11-14H2,(H2,30,31,33,34). The van der Waals surface area contributed by atoms with E-state index in [1.807, 2.05) is 30.3 Å². The first-order valence-electron chi connectivity index (χ1n) is 11.6. The highest BCUT2D eigenvalue weighted by Crippen LogP contribution is 2.33. The van der Waals surface area contributed by atoms with Crippen molar-refractivity contribution in [1.29, 1.82) is 0 Å². The van der Waals surface area contributed by atoms with E-state index in [-0.39, 0.29) is 0 Å². The third-order valence-corrected chi connectivity index (χ3v) is 7.64. The molecule has 1 aliphatic heterocycles. The molecule has 10 heteroatoms. The van der Waals surface area contributed by atoms with E-state index in [1.165, 1.54) is 24.2 Å². The zero-order chi connectivity index (χ0) is 24.2. The largest absolute Gasteiger partial charge is 0.353 e. The van der Waals surface area contributed by atoms with Gasteiger partial charge in [0, 0.05) is 34.7 Å². The summed E-state index contributed by atoms with van der Waals surface area (Å²) in [6, 6.07) is 13.0. The van der Waals surface area contributed by atoms with Gasteiger partial charge in [-0.15, -0.1) is 0 Å². The van der Waals surface area contributed by atoms with Gasteiger partial charge in [-0.05, 0) is 54.8 Å². The normalized spacial score (nSPS) is 15.9. The molecule has 0 radical (unpaired) electrons. The third-order valence-electron chi connectivity index (χ3n) is 5.98. The first kappa shape index (κ1) is 24.2. The Hall–Kier alpha value is -2.52. The van der Waals surface area contributed by atoms with Crippen LogP contribution < -0.4 is 16.0 Å². The Labute approximate surface area is 217 Å². The number of hydrogen-bond donors (Lipinski definition) is 3. The van der Waals surface area contributed by atoms with Crippen LogP contribution in [0.2, 0.25) is 10.0 Å². The van der Waals surface area contributed by atoms with E-state index < -0.39 is 6.67 Å². The highest BCUT2D eigenvalue weighted by Gasteiger charge is 2.18. The second-order valence-corrected chi connectivity index (χ2v) is 10.4. The molecule has 4 aromatic rings. The van der Waals surface area contributed by atoms with Gasteiger partial charge in [0.2, 0.25) is 5.95 Å². The molecular weight excluding hydrogens is 506 g/mol. The Kier molecular flexibility index (Phi) is 7.63. The van der Waals surface area contributed by atoms with Crippen LogP contribution in [0.3, 0.4) is 0 Å². The highest BCUT2D eigenvalue weighted by molar-refractivity contribution is 7.18. The topological polar surface area (TPSA) is 74.8 Å². The summed E-state index contributed by atoms with van der Waals surface area (Å²) in [5.41, 5.74) is 2.93. The van der Waals surface area contributed by atoms with Crippen molar-refractivity contribution in [3.05, 3.63) is 68.6 Å². The number of nitrogens with zero attached hydrogens (tertiary/aromatic N) is 3. The van der Waals surface area contributed by atoms with Gasteiger partial charge in [0.15, 0.2) is 10.6 Å². The molecule has 3 heterocycles. The molecule has 0 bridgehead atoms. The number of anilines is 3. The van der Waals surface area contributed by atoms with Gasteiger partial charge in [-0.25, -0.2) is 14.4 Å². The Morgan fingerprint density at radius 1 is 1.03 bits per heavy atom. The van der Waals surface area contributed by atoms with Crippen molar-refractivity contribution in [2.24, 2.45) is 0 Å². The lowest BCUT2D eigenvalue weighted by Gasteiger charge is -2.23. The lowest BCUT2D eigenvalue weighted by Crippen LogP contribution is -2.39. The molecule has 2 aromatic carbocycles. The van der Waals surface area contributed by atoms with Gasteiger partial charge in [0.25, 0.3) is 0 Å². The third kappa shape index (κ3) is 5.83. The molecule has 5 rings (SSSR count). The van der Waals surface area contributed by atoms with Crippen molar-refractivity contribution in [2.75, 3.05) is 23.7 Å². The number of rotatable bonds is 8. The lowest BCUT2D eigenvalue weighted by atomic mass is 10.1. The van der Waals surface area contributed by atoms with Crippen LogP contribution in [-0.2, 0) is 13.1 Å². The Morgan fingerprint density at radius 2 is 1.83 bits per heavy atom. The number of nitrogens with one attached hydrogen (secondary N) is 3. The molecule has 1 fully saturated rings. The SMILES string of the molecule is FCc1ccc(Nc2nc(NCC3CCCCN3)nc3sc(Cc4c(Cl)cccc4Cl)nc23)cc1. The summed E-state index contributed by atoms with van der Waals surface area (Å²) < 4.78 is 12.9. The van der Waals surface area contributed by atoms with Crippen molar-refractivity contribution >= 4 is 62.3 Å². The first-order chi connectivity index (χ1) is 17.1. The minimum absolute atomic E-state index is 0.395. The van der Waals surface area contributed by atoms with E-state index in [9.17, 15) is 4.39 Å². The number of piperidine rings is 1. The van der Waals surface area contributed by atoms with Gasteiger partial charge in [0.1, 0.15) is 17.2 Å². The maximum Gasteiger partial charge on any atom is 0.226 e. The van der Waals surface area contributed by atoms with Crippen molar-refractivity contribution in [3.8, 4) is 0 Å². The average Bonchev–Trinajstić information content (AvgIpc) is 3.29. The molecule has 1 atom stereocenters. The van der Waals surface area contributed by atoms with Crippen LogP contribution in [-0.4, -0.2) is 34.1 Å². The second-order valence-electron chi connectivity index (χ2n) is 8.52. The molecule has 1 saturated heterocycles. The molecule has 0 saturated carbocycles. The predicted molar refractivity (Wildman–Crippen MR) is 143 cm³/mol. The summed E-state index contributed by atoms with van der Waals surface area (Å²) in [4.78, 5) is 15.1. The Bertz CT molecular complexity index is 1290. The number of benzene rings is 2. The fourth-order valence-corrected chi connectivity index (χ4v) is 5.56. The molecule has 2 aromatic heterocycles. The van der Waals surface area contributed by atoms with Crippen LogP contribution >= 0.6 is 34.5 Å². The van der Waals surface area contributed by atoms with Gasteiger partial charge in [-0.1, -0.05) is 59.2 Å². The monoisotopic (exact) mass is 530 g/mol. The molecule has 1 unspecified atom stereocenters. The average molecular weight is 531 g/mol. The van der Waals surface area contributed by atoms with Crippen LogP contribution in [0.5, 0.6) is 0 Å². The number of halogens is 3. The zero-order valence-corrected chi connectivity index (χ0v) is 21.3. The lowest BCUT2D eigenvalue weighted by molar-refractivity contribution is 0.413. The van der Waals surface area contributed by atoms with E-state index in [1.54, 1.807) is 12.1 Å². The van der Waals surface area contributed by atoms with Gasteiger partial charge >= 0.3 is 0 Å². The molecule has 6 nitrogen and oxygen atoms in total. The summed E-state index contributed by atoms with van der Waals surface area (Å²) in [5, 5.41) is 12.3. The van der Waals surface area contributed by atoms with E-state index >= 15 is 0 Å². The number of hydrogen-bond acceptors (Lipinski definition) is 7. The van der Waals surface area contributed by atoms with Crippen LogP contribution in [0, 0.1) is 0 Å². The number of aromatic nitrogens is 3. The van der Waals surface area contributed by atoms with Crippen molar-refractivity contribution in [2.45, 2.75) is 38.4 Å². The molecule has 0 aliphatic carbocycles. The van der Waals surface area contributed by atoms with Gasteiger partial charge in [0.05, 0.1) is 0 Å². The van der Waals surface area contributed by atoms with E-state index in [0.717, 1.165) is 40.6 Å². The molecule has 0 spiro atoms. The summed E-state index contributed by atoms with van der Waals surface area (Å²) in [6.45, 7) is 1.29. The van der Waals surface area contributed by atoms with Crippen LogP contribution in [0.1, 0.15) is 35.4 Å². The molecular formula is C25H25Cl2FN6S. The van der Waals surface area contributed by atoms with Gasteiger partial charge < -0.3 is 16.0 Å². The summed E-state index contributed by atoms with van der Waals surface area (Å²) >= 11 is 14.3. The maximum atomic E-state index is 12.9. The molecule has 182 valence electrons. The minimum atomic E-state index is -0.499. The molecule has 3 N–H and O–H groups in total. The molecule has 35 heavy (non-hydrogen) atoms. The predicted octanol–water partition coefficient (Wildman–Crippen LogP) is 6.75. The summed E-state index contributed by atoms with van der Waals surface area (Å²) in [5.74, 6) is 1.13. The van der Waals surface area contributed by atoms with Crippen LogP contribution in [0.4, 0.5) is 21.8 Å². The molecule has 0 amide bonds. The Morgan fingerprint density at radius 3 is 2.54 bits per heavy atom. The van der Waals surface area contributed by atoms with Crippen molar-refractivity contribution in [3.63, 3.8) is 0 Å². The molecule has 1 aliphatic rings. The van der Waals surface area contributed by atoms with E-state index in [2.05, 4.69) is 16.0 Å². The smallest absolute Gasteiger partial charge is 0.226 e. The quantitative estimate of drug-likeness (QED) is 0.234. The maximum absolute atomic E-state index is 12.9. The minimum Gasteiger partial charge on any atom is -0.353 e. The van der Waals surface area contributed by atoms with Gasteiger partial charge in [-0.2, -0.15) is 4.98 Å². The first-order valence-corrected chi connectivity index (χ1v) is 13.2. The number of thiazole rings is 1. The van der Waals surface area contributed by atoms with Crippen LogP contribution in [0.15, 0.2) is 42.5 Å². The van der Waals surface area contributed by atoms with Crippen molar-refractivity contribution in [1.82, 2.24) is 20.3 Å². The fourth-order valence-electron chi connectivity index (χ4n) is 4.09.